The van der Waals surface area contributed by atoms with Gasteiger partial charge in [0.05, 0.1) is 0 Å². The normalized spacial score (nSPS) is 18.8. The molecule has 1 heterocycles. The van der Waals surface area contributed by atoms with Gasteiger partial charge in [0, 0.05) is 8.80 Å². The van der Waals surface area contributed by atoms with Crippen LogP contribution in [0.4, 0.5) is 8.78 Å². The van der Waals surface area contributed by atoms with Crippen LogP contribution in [0, 0.1) is 11.6 Å². The highest BCUT2D eigenvalue weighted by atomic mass is 28.3. The molecule has 162 valence electrons. The molecule has 0 unspecified atom stereocenters. The summed E-state index contributed by atoms with van der Waals surface area (Å²) < 4.78 is 27.6. The van der Waals surface area contributed by atoms with E-state index in [2.05, 4.69) is 37.3 Å². The van der Waals surface area contributed by atoms with Gasteiger partial charge in [0.2, 0.25) is 0 Å². The summed E-state index contributed by atoms with van der Waals surface area (Å²) in [6.07, 6.45) is 6.68. The van der Waals surface area contributed by atoms with Crippen LogP contribution < -0.4 is 0 Å². The number of rotatable bonds is 7. The van der Waals surface area contributed by atoms with Gasteiger partial charge in [-0.05, 0) is 58.7 Å². The fraction of sp³-hybridized carbons (Fsp3) is 0.357. The molecule has 0 bridgehead atoms. The number of hydrogen-bond donors (Lipinski definition) is 0. The van der Waals surface area contributed by atoms with Crippen LogP contribution in [-0.4, -0.2) is 8.80 Å². The molecule has 0 radical (unpaired) electrons. The lowest BCUT2D eigenvalue weighted by atomic mass is 9.87. The van der Waals surface area contributed by atoms with Crippen LogP contribution in [0.2, 0.25) is 18.1 Å². The standard InChI is InChI=1S/C28H32F2Si/c1-2-3-7-16-31-17-14-21(15-18-31)23-10-12-25(22-8-5-4-6-9-22)26(19-23)24-11-13-27(29)28(30)20-24/h4-6,8-13,19-21,31H,2-3,7,14-18H2,1H3/t21-,31-. The lowest BCUT2D eigenvalue weighted by Gasteiger charge is -2.28. The molecule has 3 aromatic rings. The Morgan fingerprint density at radius 1 is 0.774 bits per heavy atom. The average Bonchev–Trinajstić information content (AvgIpc) is 2.82. The molecule has 0 atom stereocenters. The highest BCUT2D eigenvalue weighted by molar-refractivity contribution is 6.59. The number of benzene rings is 3. The van der Waals surface area contributed by atoms with Gasteiger partial charge >= 0.3 is 0 Å². The van der Waals surface area contributed by atoms with E-state index in [4.69, 9.17) is 0 Å². The first-order chi connectivity index (χ1) is 15.2. The molecule has 1 fully saturated rings. The van der Waals surface area contributed by atoms with Gasteiger partial charge in [0.25, 0.3) is 0 Å². The second-order valence-electron chi connectivity index (χ2n) is 9.01. The third-order valence-corrected chi connectivity index (χ3v) is 10.4. The fourth-order valence-corrected chi connectivity index (χ4v) is 8.53. The smallest absolute Gasteiger partial charge is 0.159 e. The Morgan fingerprint density at radius 3 is 2.26 bits per heavy atom. The van der Waals surface area contributed by atoms with E-state index in [1.807, 2.05) is 18.2 Å². The van der Waals surface area contributed by atoms with Crippen LogP contribution in [0.1, 0.15) is 50.5 Å². The van der Waals surface area contributed by atoms with Crippen molar-refractivity contribution >= 4 is 8.80 Å². The molecule has 31 heavy (non-hydrogen) atoms. The summed E-state index contributed by atoms with van der Waals surface area (Å²) in [7, 11) is -0.554. The molecule has 0 saturated carbocycles. The minimum Gasteiger partial charge on any atom is -0.204 e. The van der Waals surface area contributed by atoms with Gasteiger partial charge in [-0.3, -0.25) is 0 Å². The number of unbranched alkanes of at least 4 members (excludes halogenated alkanes) is 2. The lowest BCUT2D eigenvalue weighted by molar-refractivity contribution is 0.509. The maximum absolute atomic E-state index is 14.1. The maximum Gasteiger partial charge on any atom is 0.159 e. The largest absolute Gasteiger partial charge is 0.204 e. The van der Waals surface area contributed by atoms with Gasteiger partial charge in [-0.1, -0.05) is 98.9 Å². The van der Waals surface area contributed by atoms with Crippen LogP contribution in [0.3, 0.4) is 0 Å². The zero-order valence-corrected chi connectivity index (χ0v) is 19.6. The van der Waals surface area contributed by atoms with E-state index in [-0.39, 0.29) is 0 Å². The van der Waals surface area contributed by atoms with Gasteiger partial charge in [0.1, 0.15) is 0 Å². The van der Waals surface area contributed by atoms with Crippen LogP contribution in [0.15, 0.2) is 66.7 Å². The third-order valence-electron chi connectivity index (χ3n) is 6.89. The fourth-order valence-electron chi connectivity index (χ4n) is 5.06. The summed E-state index contributed by atoms with van der Waals surface area (Å²) >= 11 is 0. The third kappa shape index (κ3) is 5.33. The van der Waals surface area contributed by atoms with Crippen molar-refractivity contribution in [3.05, 3.63) is 83.9 Å². The summed E-state index contributed by atoms with van der Waals surface area (Å²) in [6, 6.07) is 25.5. The van der Waals surface area contributed by atoms with E-state index in [9.17, 15) is 8.78 Å². The Balaban J connectivity index is 1.61. The monoisotopic (exact) mass is 434 g/mol. The summed E-state index contributed by atoms with van der Waals surface area (Å²) in [5.41, 5.74) is 5.24. The van der Waals surface area contributed by atoms with Crippen molar-refractivity contribution in [1.82, 2.24) is 0 Å². The Kier molecular flexibility index (Phi) is 7.34. The molecular weight excluding hydrogens is 402 g/mol. The Morgan fingerprint density at radius 2 is 1.55 bits per heavy atom. The zero-order valence-electron chi connectivity index (χ0n) is 18.4. The molecule has 0 spiro atoms. The van der Waals surface area contributed by atoms with Gasteiger partial charge in [-0.15, -0.1) is 0 Å². The van der Waals surface area contributed by atoms with Gasteiger partial charge in [-0.2, -0.15) is 0 Å². The van der Waals surface area contributed by atoms with Crippen LogP contribution >= 0.6 is 0 Å². The first kappa shape index (κ1) is 21.9. The summed E-state index contributed by atoms with van der Waals surface area (Å²) in [5.74, 6) is -1.00. The van der Waals surface area contributed by atoms with Crippen LogP contribution in [0.25, 0.3) is 22.3 Å². The van der Waals surface area contributed by atoms with Gasteiger partial charge < -0.3 is 0 Å². The van der Waals surface area contributed by atoms with E-state index in [0.717, 1.165) is 22.3 Å². The van der Waals surface area contributed by atoms with E-state index in [1.54, 1.807) is 6.07 Å². The summed E-state index contributed by atoms with van der Waals surface area (Å²) in [5, 5.41) is 0. The van der Waals surface area contributed by atoms with Crippen molar-refractivity contribution in [3.63, 3.8) is 0 Å². The predicted octanol–water partition coefficient (Wildman–Crippen LogP) is 8.59. The molecular formula is C28H32F2Si. The molecule has 3 heteroatoms. The zero-order chi connectivity index (χ0) is 21.6. The molecule has 1 aliphatic heterocycles. The van der Waals surface area contributed by atoms with Crippen molar-refractivity contribution in [3.8, 4) is 22.3 Å². The number of hydrogen-bond acceptors (Lipinski definition) is 0. The number of halogens is 2. The summed E-state index contributed by atoms with van der Waals surface area (Å²) in [4.78, 5) is 0. The highest BCUT2D eigenvalue weighted by Gasteiger charge is 2.24. The molecule has 0 aromatic heterocycles. The van der Waals surface area contributed by atoms with Crippen LogP contribution in [0.5, 0.6) is 0 Å². The molecule has 1 saturated heterocycles. The molecule has 0 N–H and O–H groups in total. The highest BCUT2D eigenvalue weighted by Crippen LogP contribution is 2.40. The first-order valence-corrected chi connectivity index (χ1v) is 14.3. The van der Waals surface area contributed by atoms with Crippen molar-refractivity contribution < 1.29 is 8.78 Å². The predicted molar refractivity (Wildman–Crippen MR) is 130 cm³/mol. The van der Waals surface area contributed by atoms with Crippen molar-refractivity contribution in [2.45, 2.75) is 63.1 Å². The minimum absolute atomic E-state index is 0.554. The molecule has 3 aromatic carbocycles. The second-order valence-corrected chi connectivity index (χ2v) is 12.5. The van der Waals surface area contributed by atoms with Gasteiger partial charge in [0.15, 0.2) is 11.6 Å². The van der Waals surface area contributed by atoms with E-state index >= 15 is 0 Å². The van der Waals surface area contributed by atoms with Crippen molar-refractivity contribution in [1.29, 1.82) is 0 Å². The maximum atomic E-state index is 14.1. The topological polar surface area (TPSA) is 0 Å². The Labute approximate surface area is 186 Å². The molecule has 4 rings (SSSR count). The van der Waals surface area contributed by atoms with E-state index in [1.165, 1.54) is 67.9 Å². The quantitative estimate of drug-likeness (QED) is 0.258. The Bertz CT molecular complexity index is 991. The second kappa shape index (κ2) is 10.4. The lowest BCUT2D eigenvalue weighted by Crippen LogP contribution is -2.20. The molecule has 0 amide bonds. The molecule has 0 nitrogen and oxygen atoms in total. The summed E-state index contributed by atoms with van der Waals surface area (Å²) in [6.45, 7) is 2.28. The Hall–Kier alpha value is -2.26. The van der Waals surface area contributed by atoms with Crippen LogP contribution in [-0.2, 0) is 0 Å². The van der Waals surface area contributed by atoms with E-state index < -0.39 is 20.4 Å². The van der Waals surface area contributed by atoms with Gasteiger partial charge in [-0.25, -0.2) is 8.78 Å². The van der Waals surface area contributed by atoms with Crippen molar-refractivity contribution in [2.75, 3.05) is 0 Å². The van der Waals surface area contributed by atoms with E-state index in [0.29, 0.717) is 5.92 Å². The van der Waals surface area contributed by atoms with Crippen molar-refractivity contribution in [2.24, 2.45) is 0 Å². The first-order valence-electron chi connectivity index (χ1n) is 11.8. The average molecular weight is 435 g/mol. The minimum atomic E-state index is -0.799. The molecule has 0 aliphatic carbocycles. The molecule has 1 aliphatic rings. The SMILES string of the molecule is CCCCC[Si@H]1CC[C@H](c2ccc(-c3ccccc3)c(-c3ccc(F)c(F)c3)c2)CC1.